The van der Waals surface area contributed by atoms with Gasteiger partial charge in [-0.3, -0.25) is 19.3 Å². The predicted octanol–water partition coefficient (Wildman–Crippen LogP) is 5.25. The van der Waals surface area contributed by atoms with Crippen LogP contribution in [-0.2, 0) is 19.9 Å². The SMILES string of the molecule is Cc1ncsc1-c1ccc(C(C)(C)NC(=O)[C@@H]2C[C@@H](O)CN2C(=O)[C@@H](c2cc(N3CCN(CC(=O)N4CC(c5cc6cc(-c7ccccc7O)nnc6[nH]5)C4)CC3)no2)C(C)C)cc1. The largest absolute Gasteiger partial charge is 0.507 e. The molecule has 3 aliphatic heterocycles. The van der Waals surface area contributed by atoms with Crippen LogP contribution in [0.3, 0.4) is 0 Å². The first-order valence-electron chi connectivity index (χ1n) is 21.9. The molecule has 4 aromatic heterocycles. The molecule has 3 saturated heterocycles. The Labute approximate surface area is 375 Å². The van der Waals surface area contributed by atoms with Gasteiger partial charge < -0.3 is 39.7 Å². The second-order valence-electron chi connectivity index (χ2n) is 18.2. The van der Waals surface area contributed by atoms with Crippen molar-refractivity contribution in [3.8, 4) is 27.4 Å². The zero-order chi connectivity index (χ0) is 44.9. The molecule has 0 saturated carbocycles. The molecule has 3 atom stereocenters. The minimum atomic E-state index is -0.850. The first-order valence-corrected chi connectivity index (χ1v) is 22.8. The van der Waals surface area contributed by atoms with Crippen molar-refractivity contribution in [1.29, 1.82) is 0 Å². The monoisotopic (exact) mass is 886 g/mol. The summed E-state index contributed by atoms with van der Waals surface area (Å²) in [6.07, 6.45) is -0.701. The first kappa shape index (κ1) is 43.1. The second kappa shape index (κ2) is 17.4. The molecule has 0 unspecified atom stereocenters. The number of para-hydroxylation sites is 1. The van der Waals surface area contributed by atoms with E-state index in [9.17, 15) is 24.6 Å². The highest BCUT2D eigenvalue weighted by Gasteiger charge is 2.44. The third-order valence-corrected chi connectivity index (χ3v) is 14.0. The van der Waals surface area contributed by atoms with E-state index >= 15 is 0 Å². The van der Waals surface area contributed by atoms with E-state index in [-0.39, 0.29) is 48.3 Å². The fourth-order valence-corrected chi connectivity index (χ4v) is 9.99. The summed E-state index contributed by atoms with van der Waals surface area (Å²) in [5.41, 5.74) is 6.93. The molecule has 4 N–H and O–H groups in total. The van der Waals surface area contributed by atoms with Gasteiger partial charge in [0, 0.05) is 80.9 Å². The summed E-state index contributed by atoms with van der Waals surface area (Å²) in [6, 6.07) is 20.0. The molecule has 0 aliphatic carbocycles. The van der Waals surface area contributed by atoms with E-state index in [0.717, 1.165) is 32.8 Å². The maximum absolute atomic E-state index is 14.4. The van der Waals surface area contributed by atoms with Crippen LogP contribution in [0.25, 0.3) is 32.7 Å². The molecule has 334 valence electrons. The van der Waals surface area contributed by atoms with Crippen LogP contribution in [-0.4, -0.2) is 132 Å². The van der Waals surface area contributed by atoms with Crippen LogP contribution < -0.4 is 10.2 Å². The van der Waals surface area contributed by atoms with Crippen LogP contribution in [0.15, 0.2) is 76.8 Å². The molecule has 9 rings (SSSR count). The van der Waals surface area contributed by atoms with Crippen molar-refractivity contribution in [3.05, 3.63) is 95.0 Å². The smallest absolute Gasteiger partial charge is 0.243 e. The van der Waals surface area contributed by atoms with E-state index in [2.05, 4.69) is 46.5 Å². The number of aliphatic hydroxyl groups excluding tert-OH is 1. The number of benzene rings is 2. The number of rotatable bonds is 12. The molecule has 17 heteroatoms. The Bertz CT molecular complexity index is 2660. The number of aliphatic hydroxyl groups is 1. The number of likely N-dealkylation sites (tertiary alicyclic amines) is 2. The number of nitrogens with zero attached hydrogens (tertiary/aromatic N) is 8. The molecule has 0 bridgehead atoms. The lowest BCUT2D eigenvalue weighted by molar-refractivity contribution is -0.141. The Morgan fingerprint density at radius 2 is 1.73 bits per heavy atom. The van der Waals surface area contributed by atoms with Crippen molar-refractivity contribution in [2.45, 2.75) is 70.6 Å². The average Bonchev–Trinajstić information content (AvgIpc) is 4.08. The van der Waals surface area contributed by atoms with Gasteiger partial charge in [0.1, 0.15) is 17.7 Å². The Kier molecular flexibility index (Phi) is 11.7. The first-order chi connectivity index (χ1) is 30.7. The van der Waals surface area contributed by atoms with E-state index in [1.54, 1.807) is 23.5 Å². The summed E-state index contributed by atoms with van der Waals surface area (Å²) >= 11 is 1.59. The topological polar surface area (TPSA) is 197 Å². The number of hydrogen-bond donors (Lipinski definition) is 4. The standard InChI is InChI=1S/C47H54N10O6S/c1-27(2)42(46(62)57-24-33(58)20-37(57)45(61)50-47(4,5)32-12-10-29(11-13-32)43-28(3)48-26-64-43)39-21-40(53-63-39)55-16-14-54(15-17-55)25-41(60)56-22-31(23-56)35-18-30-19-36(51-52-44(30)49-35)34-8-6-7-9-38(34)59/h6-13,18-19,21,26-27,31,33,37,42,58-59H,14-17,20,22-25H2,1-5H3,(H,49,52)(H,50,61)/t33-,37+,42-/m1/s1. The Morgan fingerprint density at radius 1 is 0.984 bits per heavy atom. The maximum atomic E-state index is 14.4. The highest BCUT2D eigenvalue weighted by Crippen LogP contribution is 2.36. The average molecular weight is 887 g/mol. The minimum absolute atomic E-state index is 0.0458. The predicted molar refractivity (Wildman–Crippen MR) is 243 cm³/mol. The molecule has 3 fully saturated rings. The number of β-amino-alcohol motifs (C(OH)–C–C–N with tert-alkyl or cyclic N) is 1. The lowest BCUT2D eigenvalue weighted by Gasteiger charge is -2.41. The molecule has 2 aromatic carbocycles. The summed E-state index contributed by atoms with van der Waals surface area (Å²) in [7, 11) is 0. The summed E-state index contributed by atoms with van der Waals surface area (Å²) < 4.78 is 5.87. The highest BCUT2D eigenvalue weighted by molar-refractivity contribution is 7.13. The Hall–Kier alpha value is -6.17. The number of hydrogen-bond acceptors (Lipinski definition) is 13. The van der Waals surface area contributed by atoms with Crippen molar-refractivity contribution < 1.29 is 29.1 Å². The van der Waals surface area contributed by atoms with Gasteiger partial charge >= 0.3 is 0 Å². The molecule has 3 aliphatic rings. The van der Waals surface area contributed by atoms with Gasteiger partial charge in [0.15, 0.2) is 17.2 Å². The molecular weight excluding hydrogens is 833 g/mol. The molecule has 0 spiro atoms. The summed E-state index contributed by atoms with van der Waals surface area (Å²) in [5, 5.41) is 38.1. The lowest BCUT2D eigenvalue weighted by atomic mass is 9.91. The fraction of sp³-hybridized carbons (Fsp3) is 0.426. The van der Waals surface area contributed by atoms with Crippen LogP contribution >= 0.6 is 11.3 Å². The van der Waals surface area contributed by atoms with Gasteiger partial charge in [-0.15, -0.1) is 21.5 Å². The molecule has 16 nitrogen and oxygen atoms in total. The van der Waals surface area contributed by atoms with Gasteiger partial charge in [0.05, 0.1) is 40.0 Å². The van der Waals surface area contributed by atoms with E-state index in [1.807, 2.05) is 93.6 Å². The van der Waals surface area contributed by atoms with Gasteiger partial charge in [-0.25, -0.2) is 4.98 Å². The number of fused-ring (bicyclic) bond motifs is 1. The minimum Gasteiger partial charge on any atom is -0.507 e. The Balaban J connectivity index is 0.773. The number of anilines is 1. The molecule has 6 aromatic rings. The number of piperazine rings is 1. The zero-order valence-electron chi connectivity index (χ0n) is 36.7. The number of phenols is 1. The summed E-state index contributed by atoms with van der Waals surface area (Å²) in [5.74, 6) is -0.0611. The summed E-state index contributed by atoms with van der Waals surface area (Å²) in [6.45, 7) is 13.9. The van der Waals surface area contributed by atoms with Crippen molar-refractivity contribution in [3.63, 3.8) is 0 Å². The normalized spacial score (nSPS) is 19.1. The number of carbonyl (C=O) groups excluding carboxylic acids is 3. The van der Waals surface area contributed by atoms with Gasteiger partial charge in [-0.1, -0.05) is 55.4 Å². The van der Waals surface area contributed by atoms with Crippen molar-refractivity contribution in [2.75, 3.05) is 57.3 Å². The van der Waals surface area contributed by atoms with Crippen molar-refractivity contribution in [1.82, 2.24) is 45.3 Å². The molecule has 3 amide bonds. The van der Waals surface area contributed by atoms with Crippen LogP contribution in [0, 0.1) is 12.8 Å². The van der Waals surface area contributed by atoms with Crippen LogP contribution in [0.4, 0.5) is 5.82 Å². The number of carbonyl (C=O) groups is 3. The highest BCUT2D eigenvalue weighted by atomic mass is 32.1. The number of H-pyrrole nitrogens is 1. The molecule has 0 radical (unpaired) electrons. The number of nitrogens with one attached hydrogen (secondary N) is 2. The second-order valence-corrected chi connectivity index (χ2v) is 19.1. The Morgan fingerprint density at radius 3 is 2.44 bits per heavy atom. The summed E-state index contributed by atoms with van der Waals surface area (Å²) in [4.78, 5) is 58.1. The van der Waals surface area contributed by atoms with Gasteiger partial charge in [-0.2, -0.15) is 0 Å². The quantitative estimate of drug-likeness (QED) is 0.125. The van der Waals surface area contributed by atoms with Crippen LogP contribution in [0.2, 0.25) is 0 Å². The van der Waals surface area contributed by atoms with Crippen molar-refractivity contribution >= 4 is 45.9 Å². The lowest BCUT2D eigenvalue weighted by Crippen LogP contribution is -2.54. The maximum Gasteiger partial charge on any atom is 0.243 e. The number of thiazole rings is 1. The zero-order valence-corrected chi connectivity index (χ0v) is 37.5. The van der Waals surface area contributed by atoms with Crippen molar-refractivity contribution in [2.24, 2.45) is 5.92 Å². The van der Waals surface area contributed by atoms with Gasteiger partial charge in [0.2, 0.25) is 17.7 Å². The number of aromatic nitrogens is 5. The third-order valence-electron chi connectivity index (χ3n) is 13.0. The number of amides is 3. The van der Waals surface area contributed by atoms with Crippen LogP contribution in [0.5, 0.6) is 5.75 Å². The van der Waals surface area contributed by atoms with E-state index in [0.29, 0.717) is 74.3 Å². The van der Waals surface area contributed by atoms with E-state index < -0.39 is 23.6 Å². The third kappa shape index (κ3) is 8.58. The molecular formula is C47H54N10O6S. The van der Waals surface area contributed by atoms with E-state index in [1.165, 1.54) is 4.90 Å². The fourth-order valence-electron chi connectivity index (χ4n) is 9.18. The number of phenolic OH excluding ortho intramolecular Hbond substituents is 1. The number of aromatic hydroxyl groups is 1. The number of aromatic amines is 1. The molecule has 7 heterocycles. The van der Waals surface area contributed by atoms with Crippen LogP contribution in [0.1, 0.15) is 68.7 Å². The van der Waals surface area contributed by atoms with Gasteiger partial charge in [-0.05, 0) is 62.1 Å². The molecule has 64 heavy (non-hydrogen) atoms. The number of aryl methyl sites for hydroxylation is 1. The van der Waals surface area contributed by atoms with Gasteiger partial charge in [0.25, 0.3) is 0 Å². The van der Waals surface area contributed by atoms with E-state index in [4.69, 9.17) is 4.52 Å².